The normalized spacial score (nSPS) is 16.4. The third kappa shape index (κ3) is 4.16. The summed E-state index contributed by atoms with van der Waals surface area (Å²) in [5.74, 6) is -0.253. The van der Waals surface area contributed by atoms with Gasteiger partial charge in [0.25, 0.3) is 5.91 Å². The van der Waals surface area contributed by atoms with Crippen molar-refractivity contribution in [3.8, 4) is 11.3 Å². The van der Waals surface area contributed by atoms with Crippen molar-refractivity contribution in [3.63, 3.8) is 0 Å². The second-order valence-electron chi connectivity index (χ2n) is 7.22. The van der Waals surface area contributed by atoms with E-state index in [4.69, 9.17) is 10.7 Å². The van der Waals surface area contributed by atoms with Crippen LogP contribution in [0, 0.1) is 0 Å². The van der Waals surface area contributed by atoms with E-state index in [2.05, 4.69) is 4.98 Å². The molecule has 1 atom stereocenters. The monoisotopic (exact) mass is 386 g/mol. The molecule has 0 aliphatic carbocycles. The summed E-state index contributed by atoms with van der Waals surface area (Å²) in [6, 6.07) is 16.6. The van der Waals surface area contributed by atoms with Crippen LogP contribution in [0.15, 0.2) is 67.0 Å². The Morgan fingerprint density at radius 3 is 2.59 bits per heavy atom. The molecule has 146 valence electrons. The first-order valence-corrected chi connectivity index (χ1v) is 9.68. The average molecular weight is 386 g/mol. The molecule has 0 spiro atoms. The fourth-order valence-electron chi connectivity index (χ4n) is 3.75. The lowest BCUT2D eigenvalue weighted by atomic mass is 9.93. The quantitative estimate of drug-likeness (QED) is 0.745. The van der Waals surface area contributed by atoms with E-state index in [1.165, 1.54) is 0 Å². The van der Waals surface area contributed by atoms with E-state index >= 15 is 0 Å². The SMILES string of the molecule is NC(=O)c1cccc(-c2cccc([C@H]3CCCN(C(=O)c4ccncc4)C3)n2)c1. The van der Waals surface area contributed by atoms with E-state index in [1.54, 1.807) is 42.7 Å². The summed E-state index contributed by atoms with van der Waals surface area (Å²) >= 11 is 0. The first-order chi connectivity index (χ1) is 14.1. The van der Waals surface area contributed by atoms with Gasteiger partial charge < -0.3 is 10.6 Å². The number of piperidine rings is 1. The fraction of sp³-hybridized carbons (Fsp3) is 0.217. The van der Waals surface area contributed by atoms with Crippen molar-refractivity contribution < 1.29 is 9.59 Å². The number of amides is 2. The molecule has 29 heavy (non-hydrogen) atoms. The van der Waals surface area contributed by atoms with Crippen molar-refractivity contribution in [3.05, 3.63) is 83.8 Å². The third-order valence-corrected chi connectivity index (χ3v) is 5.27. The minimum absolute atomic E-state index is 0.0300. The zero-order valence-electron chi connectivity index (χ0n) is 16.0. The molecular weight excluding hydrogens is 364 g/mol. The number of hydrogen-bond donors (Lipinski definition) is 1. The molecule has 6 heteroatoms. The van der Waals surface area contributed by atoms with Crippen LogP contribution in [0.4, 0.5) is 0 Å². The lowest BCUT2D eigenvalue weighted by Gasteiger charge is -2.32. The van der Waals surface area contributed by atoms with Crippen LogP contribution in [-0.2, 0) is 0 Å². The van der Waals surface area contributed by atoms with Gasteiger partial charge >= 0.3 is 0 Å². The summed E-state index contributed by atoms with van der Waals surface area (Å²) in [4.78, 5) is 35.0. The van der Waals surface area contributed by atoms with Gasteiger partial charge in [0, 0.05) is 53.8 Å². The van der Waals surface area contributed by atoms with Gasteiger partial charge in [-0.15, -0.1) is 0 Å². The molecule has 3 heterocycles. The van der Waals surface area contributed by atoms with Crippen molar-refractivity contribution in [2.24, 2.45) is 5.73 Å². The van der Waals surface area contributed by atoms with E-state index in [9.17, 15) is 9.59 Å². The number of aromatic nitrogens is 2. The number of rotatable bonds is 4. The van der Waals surface area contributed by atoms with Gasteiger partial charge in [-0.2, -0.15) is 0 Å². The van der Waals surface area contributed by atoms with Crippen LogP contribution in [0.5, 0.6) is 0 Å². The van der Waals surface area contributed by atoms with Crippen molar-refractivity contribution in [2.45, 2.75) is 18.8 Å². The van der Waals surface area contributed by atoms with Gasteiger partial charge in [0.2, 0.25) is 5.91 Å². The van der Waals surface area contributed by atoms with Gasteiger partial charge in [0.15, 0.2) is 0 Å². The van der Waals surface area contributed by atoms with Crippen LogP contribution in [0.1, 0.15) is 45.2 Å². The van der Waals surface area contributed by atoms with E-state index in [0.717, 1.165) is 36.3 Å². The van der Waals surface area contributed by atoms with Gasteiger partial charge in [0.05, 0.1) is 5.69 Å². The zero-order chi connectivity index (χ0) is 20.2. The average Bonchev–Trinajstić information content (AvgIpc) is 2.79. The summed E-state index contributed by atoms with van der Waals surface area (Å²) < 4.78 is 0. The first kappa shape index (κ1) is 18.8. The molecule has 1 aliphatic rings. The fourth-order valence-corrected chi connectivity index (χ4v) is 3.75. The first-order valence-electron chi connectivity index (χ1n) is 9.68. The second kappa shape index (κ2) is 8.22. The summed E-state index contributed by atoms with van der Waals surface area (Å²) in [5, 5.41) is 0. The Kier molecular flexibility index (Phi) is 5.33. The third-order valence-electron chi connectivity index (χ3n) is 5.27. The number of nitrogens with two attached hydrogens (primary N) is 1. The topological polar surface area (TPSA) is 89.2 Å². The molecular formula is C23H22N4O2. The zero-order valence-corrected chi connectivity index (χ0v) is 16.0. The van der Waals surface area contributed by atoms with Crippen molar-refractivity contribution in [1.82, 2.24) is 14.9 Å². The highest BCUT2D eigenvalue weighted by atomic mass is 16.2. The molecule has 0 radical (unpaired) electrons. The van der Waals surface area contributed by atoms with E-state index < -0.39 is 5.91 Å². The Morgan fingerprint density at radius 2 is 1.79 bits per heavy atom. The maximum Gasteiger partial charge on any atom is 0.253 e. The predicted molar refractivity (Wildman–Crippen MR) is 110 cm³/mol. The number of hydrogen-bond acceptors (Lipinski definition) is 4. The number of primary amides is 1. The molecule has 1 saturated heterocycles. The number of nitrogens with zero attached hydrogens (tertiary/aromatic N) is 3. The van der Waals surface area contributed by atoms with Crippen LogP contribution >= 0.6 is 0 Å². The molecule has 6 nitrogen and oxygen atoms in total. The number of benzene rings is 1. The Labute approximate surface area is 169 Å². The van der Waals surface area contributed by atoms with E-state index in [0.29, 0.717) is 17.7 Å². The number of likely N-dealkylation sites (tertiary alicyclic amines) is 1. The van der Waals surface area contributed by atoms with Gasteiger partial charge in [-0.05, 0) is 49.2 Å². The lowest BCUT2D eigenvalue weighted by molar-refractivity contribution is 0.0705. The highest BCUT2D eigenvalue weighted by Gasteiger charge is 2.26. The molecule has 2 N–H and O–H groups in total. The molecule has 0 bridgehead atoms. The van der Waals surface area contributed by atoms with Crippen LogP contribution < -0.4 is 5.73 Å². The molecule has 0 saturated carbocycles. The molecule has 3 aromatic rings. The minimum Gasteiger partial charge on any atom is -0.366 e. The Hall–Kier alpha value is -3.54. The highest BCUT2D eigenvalue weighted by molar-refractivity contribution is 5.94. The molecule has 0 unspecified atom stereocenters. The van der Waals surface area contributed by atoms with Crippen LogP contribution in [0.3, 0.4) is 0 Å². The van der Waals surface area contributed by atoms with Crippen LogP contribution in [0.2, 0.25) is 0 Å². The highest BCUT2D eigenvalue weighted by Crippen LogP contribution is 2.28. The van der Waals surface area contributed by atoms with Gasteiger partial charge in [0.1, 0.15) is 0 Å². The summed E-state index contributed by atoms with van der Waals surface area (Å²) in [5.41, 5.74) is 9.12. The van der Waals surface area contributed by atoms with Gasteiger partial charge in [-0.3, -0.25) is 19.6 Å². The largest absolute Gasteiger partial charge is 0.366 e. The summed E-state index contributed by atoms with van der Waals surface area (Å²) in [6.07, 6.45) is 5.20. The van der Waals surface area contributed by atoms with Crippen LogP contribution in [0.25, 0.3) is 11.3 Å². The standard InChI is InChI=1S/C23H22N4O2/c24-22(28)18-5-1-4-17(14-18)20-7-2-8-21(26-20)19-6-3-13-27(15-19)23(29)16-9-11-25-12-10-16/h1-2,4-5,7-12,14,19H,3,6,13,15H2,(H2,24,28)/t19-/m0/s1. The van der Waals surface area contributed by atoms with Gasteiger partial charge in [-0.25, -0.2) is 0 Å². The molecule has 2 aromatic heterocycles. The summed E-state index contributed by atoms with van der Waals surface area (Å²) in [6.45, 7) is 1.39. The van der Waals surface area contributed by atoms with Crippen LogP contribution in [-0.4, -0.2) is 39.8 Å². The lowest BCUT2D eigenvalue weighted by Crippen LogP contribution is -2.39. The van der Waals surface area contributed by atoms with E-state index in [1.807, 2.05) is 29.2 Å². The predicted octanol–water partition coefficient (Wildman–Crippen LogP) is 3.26. The Bertz CT molecular complexity index is 1040. The Balaban J connectivity index is 1.56. The number of carbonyl (C=O) groups excluding carboxylic acids is 2. The van der Waals surface area contributed by atoms with Crippen molar-refractivity contribution >= 4 is 11.8 Å². The smallest absolute Gasteiger partial charge is 0.253 e. The Morgan fingerprint density at radius 1 is 1.00 bits per heavy atom. The maximum atomic E-state index is 12.8. The van der Waals surface area contributed by atoms with Crippen molar-refractivity contribution in [2.75, 3.05) is 13.1 Å². The summed E-state index contributed by atoms with van der Waals surface area (Å²) in [7, 11) is 0. The molecule has 4 rings (SSSR count). The van der Waals surface area contributed by atoms with Crippen molar-refractivity contribution in [1.29, 1.82) is 0 Å². The molecule has 1 fully saturated rings. The second-order valence-corrected chi connectivity index (χ2v) is 7.22. The molecule has 2 amide bonds. The molecule has 1 aliphatic heterocycles. The number of carbonyl (C=O) groups is 2. The van der Waals surface area contributed by atoms with Gasteiger partial charge in [-0.1, -0.05) is 18.2 Å². The molecule has 1 aromatic carbocycles. The minimum atomic E-state index is -0.458. The van der Waals surface area contributed by atoms with E-state index in [-0.39, 0.29) is 11.8 Å². The number of pyridine rings is 2. The maximum absolute atomic E-state index is 12.8.